The lowest BCUT2D eigenvalue weighted by atomic mass is 9.95. The molecular weight excluding hydrogens is 496 g/mol. The number of carboxylic acids is 2. The Labute approximate surface area is 194 Å². The first-order chi connectivity index (χ1) is 15.7. The van der Waals surface area contributed by atoms with Gasteiger partial charge in [-0.2, -0.15) is 31.4 Å². The lowest BCUT2D eigenvalue weighted by molar-refractivity contribution is -0.193. The first-order valence-corrected chi connectivity index (χ1v) is 10.5. The summed E-state index contributed by atoms with van der Waals surface area (Å²) < 4.78 is 71.1. The van der Waals surface area contributed by atoms with Crippen molar-refractivity contribution in [2.75, 3.05) is 19.8 Å². The number of nitrogens with zero attached hydrogens (tertiary/aromatic N) is 3. The van der Waals surface area contributed by atoms with E-state index in [0.29, 0.717) is 5.92 Å². The van der Waals surface area contributed by atoms with Crippen molar-refractivity contribution in [2.24, 2.45) is 7.05 Å². The first kappa shape index (κ1) is 29.4. The molecule has 0 saturated carbocycles. The number of aliphatic carboxylic acids is 2. The zero-order chi connectivity index (χ0) is 26.1. The van der Waals surface area contributed by atoms with Crippen LogP contribution in [0.4, 0.5) is 26.3 Å². The van der Waals surface area contributed by atoms with E-state index >= 15 is 0 Å². The summed E-state index contributed by atoms with van der Waals surface area (Å²) in [5, 5.41) is 20.8. The van der Waals surface area contributed by atoms with E-state index in [-0.39, 0.29) is 0 Å². The van der Waals surface area contributed by atoms with Gasteiger partial charge in [0.05, 0.1) is 18.5 Å². The molecule has 0 aliphatic carbocycles. The maximum absolute atomic E-state index is 10.6. The highest BCUT2D eigenvalue weighted by atomic mass is 32.1. The summed E-state index contributed by atoms with van der Waals surface area (Å²) >= 11 is 1.83. The van der Waals surface area contributed by atoms with Crippen LogP contribution in [0.25, 0.3) is 0 Å². The largest absolute Gasteiger partial charge is 0.490 e. The molecule has 0 fully saturated rings. The Kier molecular flexibility index (Phi) is 11.0. The maximum atomic E-state index is 10.6. The standard InChI is InChI=1S/C15H21N3OS.2C2HF3O2/c1-3-19-11-12-8-18(9-13-5-4-6-20-13)10-15-14(12)7-16-17(15)2;2*3-2(4,5)1(6)7/h4-7,12H,3,8-11H2,1-2H3;2*(H,6,7). The molecule has 8 nitrogen and oxygen atoms in total. The molecule has 0 saturated heterocycles. The van der Waals surface area contributed by atoms with Crippen LogP contribution < -0.4 is 0 Å². The third-order valence-corrected chi connectivity index (χ3v) is 5.21. The van der Waals surface area contributed by atoms with Crippen molar-refractivity contribution < 1.29 is 50.9 Å². The number of hydrogen-bond donors (Lipinski definition) is 2. The molecule has 3 rings (SSSR count). The average molecular weight is 519 g/mol. The van der Waals surface area contributed by atoms with Gasteiger partial charge in [0.15, 0.2) is 0 Å². The van der Waals surface area contributed by atoms with Gasteiger partial charge in [-0.15, -0.1) is 11.3 Å². The lowest BCUT2D eigenvalue weighted by Gasteiger charge is -2.32. The Morgan fingerprint density at radius 2 is 1.74 bits per heavy atom. The van der Waals surface area contributed by atoms with Crippen molar-refractivity contribution in [3.05, 3.63) is 39.8 Å². The van der Waals surface area contributed by atoms with E-state index in [1.165, 1.54) is 16.1 Å². The predicted octanol–water partition coefficient (Wildman–Crippen LogP) is 3.88. The topological polar surface area (TPSA) is 105 Å². The molecule has 0 aromatic carbocycles. The van der Waals surface area contributed by atoms with E-state index in [1.807, 2.05) is 29.3 Å². The Balaban J connectivity index is 0.000000343. The van der Waals surface area contributed by atoms with E-state index in [9.17, 15) is 26.3 Å². The van der Waals surface area contributed by atoms with E-state index in [4.69, 9.17) is 24.5 Å². The normalized spacial score (nSPS) is 15.9. The summed E-state index contributed by atoms with van der Waals surface area (Å²) in [6.45, 7) is 6.66. The fourth-order valence-electron chi connectivity index (χ4n) is 2.85. The third-order valence-electron chi connectivity index (χ3n) is 4.35. The summed E-state index contributed by atoms with van der Waals surface area (Å²) in [5.41, 5.74) is 2.70. The highest BCUT2D eigenvalue weighted by Crippen LogP contribution is 2.29. The van der Waals surface area contributed by atoms with Crippen molar-refractivity contribution in [2.45, 2.75) is 38.3 Å². The smallest absolute Gasteiger partial charge is 0.475 e. The molecule has 192 valence electrons. The fraction of sp³-hybridized carbons (Fsp3) is 0.526. The third kappa shape index (κ3) is 9.69. The number of thiophene rings is 1. The minimum absolute atomic E-state index is 0.437. The highest BCUT2D eigenvalue weighted by molar-refractivity contribution is 7.09. The van der Waals surface area contributed by atoms with Gasteiger partial charge in [-0.1, -0.05) is 6.07 Å². The molecule has 3 heterocycles. The second kappa shape index (κ2) is 12.7. The summed E-state index contributed by atoms with van der Waals surface area (Å²) in [7, 11) is 2.03. The van der Waals surface area contributed by atoms with Gasteiger partial charge in [0.1, 0.15) is 0 Å². The molecule has 0 spiro atoms. The van der Waals surface area contributed by atoms with Gasteiger partial charge in [0, 0.05) is 49.6 Å². The van der Waals surface area contributed by atoms with Crippen LogP contribution >= 0.6 is 11.3 Å². The van der Waals surface area contributed by atoms with Crippen molar-refractivity contribution in [3.8, 4) is 0 Å². The van der Waals surface area contributed by atoms with Crippen LogP contribution in [0.5, 0.6) is 0 Å². The zero-order valence-corrected chi connectivity index (χ0v) is 18.9. The van der Waals surface area contributed by atoms with Gasteiger partial charge in [0.25, 0.3) is 0 Å². The number of carboxylic acid groups (broad SMARTS) is 2. The zero-order valence-electron chi connectivity index (χ0n) is 18.1. The molecule has 0 bridgehead atoms. The molecule has 1 aliphatic heterocycles. The summed E-state index contributed by atoms with van der Waals surface area (Å²) in [4.78, 5) is 21.7. The van der Waals surface area contributed by atoms with Crippen LogP contribution in [0.3, 0.4) is 0 Å². The second-order valence-corrected chi connectivity index (χ2v) is 7.91. The second-order valence-electron chi connectivity index (χ2n) is 6.88. The number of halogens is 6. The molecule has 15 heteroatoms. The van der Waals surface area contributed by atoms with Crippen LogP contribution in [0, 0.1) is 0 Å². The Hall–Kier alpha value is -2.65. The quantitative estimate of drug-likeness (QED) is 0.578. The number of aromatic nitrogens is 2. The number of carbonyl (C=O) groups is 2. The Morgan fingerprint density at radius 1 is 1.18 bits per heavy atom. The van der Waals surface area contributed by atoms with Crippen molar-refractivity contribution >= 4 is 23.3 Å². The monoisotopic (exact) mass is 519 g/mol. The van der Waals surface area contributed by atoms with Crippen molar-refractivity contribution in [3.63, 3.8) is 0 Å². The average Bonchev–Trinajstić information content (AvgIpc) is 3.36. The summed E-state index contributed by atoms with van der Waals surface area (Å²) in [6.07, 6.45) is -8.15. The molecule has 0 radical (unpaired) electrons. The first-order valence-electron chi connectivity index (χ1n) is 9.60. The molecule has 1 atom stereocenters. The number of aryl methyl sites for hydroxylation is 1. The summed E-state index contributed by atoms with van der Waals surface area (Å²) in [5.74, 6) is -5.08. The molecule has 1 aliphatic rings. The highest BCUT2D eigenvalue weighted by Gasteiger charge is 2.38. The van der Waals surface area contributed by atoms with Gasteiger partial charge in [-0.25, -0.2) is 9.59 Å². The predicted molar refractivity (Wildman–Crippen MR) is 108 cm³/mol. The van der Waals surface area contributed by atoms with Crippen molar-refractivity contribution in [1.29, 1.82) is 0 Å². The van der Waals surface area contributed by atoms with Gasteiger partial charge in [-0.05, 0) is 18.4 Å². The van der Waals surface area contributed by atoms with Crippen LogP contribution in [-0.2, 0) is 34.5 Å². The maximum Gasteiger partial charge on any atom is 0.490 e. The van der Waals surface area contributed by atoms with Gasteiger partial charge >= 0.3 is 24.3 Å². The molecule has 1 unspecified atom stereocenters. The van der Waals surface area contributed by atoms with Crippen molar-refractivity contribution in [1.82, 2.24) is 14.7 Å². The van der Waals surface area contributed by atoms with E-state index in [2.05, 4.69) is 34.4 Å². The van der Waals surface area contributed by atoms with E-state index in [1.54, 1.807) is 0 Å². The molecule has 2 aromatic heterocycles. The minimum atomic E-state index is -5.08. The van der Waals surface area contributed by atoms with Gasteiger partial charge in [-0.3, -0.25) is 9.58 Å². The van der Waals surface area contributed by atoms with Crippen LogP contribution in [0.1, 0.15) is 29.0 Å². The molecular formula is C19H23F6N3O5S. The van der Waals surface area contributed by atoms with Gasteiger partial charge in [0.2, 0.25) is 0 Å². The van der Waals surface area contributed by atoms with E-state index in [0.717, 1.165) is 32.8 Å². The number of fused-ring (bicyclic) bond motifs is 1. The van der Waals surface area contributed by atoms with Gasteiger partial charge < -0.3 is 14.9 Å². The number of alkyl halides is 6. The minimum Gasteiger partial charge on any atom is -0.475 e. The molecule has 0 amide bonds. The Morgan fingerprint density at radius 3 is 2.18 bits per heavy atom. The summed E-state index contributed by atoms with van der Waals surface area (Å²) in [6, 6.07) is 4.33. The number of ether oxygens (including phenoxy) is 1. The lowest BCUT2D eigenvalue weighted by Crippen LogP contribution is -2.35. The fourth-order valence-corrected chi connectivity index (χ4v) is 3.59. The molecule has 2 aromatic rings. The number of hydrogen-bond acceptors (Lipinski definition) is 6. The SMILES string of the molecule is CCOCC1CN(Cc2cccs2)Cc2c1cnn2C.O=C(O)C(F)(F)F.O=C(O)C(F)(F)F. The van der Waals surface area contributed by atoms with Crippen LogP contribution in [0.2, 0.25) is 0 Å². The molecule has 34 heavy (non-hydrogen) atoms. The molecule has 2 N–H and O–H groups in total. The number of rotatable bonds is 5. The van der Waals surface area contributed by atoms with Crippen LogP contribution in [-0.4, -0.2) is 68.9 Å². The van der Waals surface area contributed by atoms with E-state index < -0.39 is 24.3 Å². The van der Waals surface area contributed by atoms with Crippen LogP contribution in [0.15, 0.2) is 23.7 Å². The Bertz CT molecular complexity index is 891.